The number of nitrogens with zero attached hydrogens (tertiary/aromatic N) is 1. The van der Waals surface area contributed by atoms with Gasteiger partial charge in [0.1, 0.15) is 12.1 Å². The summed E-state index contributed by atoms with van der Waals surface area (Å²) in [6.07, 6.45) is 1.96. The molecule has 0 saturated carbocycles. The van der Waals surface area contributed by atoms with E-state index in [9.17, 15) is 19.5 Å². The molecule has 0 unspecified atom stereocenters. The number of rotatable bonds is 8. The molecule has 1 aliphatic rings. The van der Waals surface area contributed by atoms with Gasteiger partial charge in [0.2, 0.25) is 11.8 Å². The van der Waals surface area contributed by atoms with E-state index in [0.717, 1.165) is 5.56 Å². The van der Waals surface area contributed by atoms with Gasteiger partial charge >= 0.3 is 5.97 Å². The minimum atomic E-state index is -1.10. The molecule has 4 N–H and O–H groups in total. The van der Waals surface area contributed by atoms with Crippen LogP contribution in [0.4, 0.5) is 0 Å². The first kappa shape index (κ1) is 20.9. The number of aliphatic carboxylic acids is 1. The number of amides is 2. The van der Waals surface area contributed by atoms with Gasteiger partial charge in [-0.1, -0.05) is 44.2 Å². The third-order valence-corrected chi connectivity index (χ3v) is 4.78. The van der Waals surface area contributed by atoms with Crippen LogP contribution in [0.5, 0.6) is 0 Å². The van der Waals surface area contributed by atoms with Gasteiger partial charge in [-0.2, -0.15) is 0 Å². The van der Waals surface area contributed by atoms with E-state index in [0.29, 0.717) is 25.8 Å². The molecule has 1 aromatic rings. The van der Waals surface area contributed by atoms with Gasteiger partial charge in [-0.25, -0.2) is 4.79 Å². The average molecular weight is 375 g/mol. The van der Waals surface area contributed by atoms with E-state index in [1.54, 1.807) is 0 Å². The van der Waals surface area contributed by atoms with Gasteiger partial charge in [0, 0.05) is 13.0 Å². The smallest absolute Gasteiger partial charge is 0.326 e. The fraction of sp³-hybridized carbons (Fsp3) is 0.550. The lowest BCUT2D eigenvalue weighted by atomic mass is 10.0. The normalized spacial score (nSPS) is 19.0. The topological polar surface area (TPSA) is 113 Å². The van der Waals surface area contributed by atoms with Crippen LogP contribution in [-0.4, -0.2) is 52.5 Å². The van der Waals surface area contributed by atoms with E-state index in [-0.39, 0.29) is 18.2 Å². The molecule has 1 saturated heterocycles. The Hall–Kier alpha value is -2.41. The fourth-order valence-electron chi connectivity index (χ4n) is 3.44. The van der Waals surface area contributed by atoms with Crippen molar-refractivity contribution >= 4 is 17.8 Å². The van der Waals surface area contributed by atoms with Crippen LogP contribution in [0, 0.1) is 5.92 Å². The number of carboxylic acids is 1. The molecule has 3 atom stereocenters. The molecule has 1 aliphatic heterocycles. The van der Waals surface area contributed by atoms with Crippen molar-refractivity contribution in [1.29, 1.82) is 0 Å². The molecule has 2 amide bonds. The third-order valence-electron chi connectivity index (χ3n) is 4.78. The fourth-order valence-corrected chi connectivity index (χ4v) is 3.44. The quantitative estimate of drug-likeness (QED) is 0.631. The highest BCUT2D eigenvalue weighted by Gasteiger charge is 2.37. The summed E-state index contributed by atoms with van der Waals surface area (Å²) in [4.78, 5) is 38.4. The summed E-state index contributed by atoms with van der Waals surface area (Å²) < 4.78 is 0. The van der Waals surface area contributed by atoms with Crippen LogP contribution in [0.3, 0.4) is 0 Å². The second kappa shape index (κ2) is 9.50. The van der Waals surface area contributed by atoms with E-state index in [2.05, 4.69) is 5.32 Å². The van der Waals surface area contributed by atoms with Crippen LogP contribution in [0.15, 0.2) is 30.3 Å². The summed E-state index contributed by atoms with van der Waals surface area (Å²) >= 11 is 0. The number of hydrogen-bond donors (Lipinski definition) is 3. The lowest BCUT2D eigenvalue weighted by Crippen LogP contribution is -2.54. The van der Waals surface area contributed by atoms with Crippen molar-refractivity contribution in [2.45, 2.75) is 57.7 Å². The molecule has 0 aliphatic carbocycles. The molecule has 1 heterocycles. The van der Waals surface area contributed by atoms with Crippen molar-refractivity contribution in [2.75, 3.05) is 6.54 Å². The Kier molecular flexibility index (Phi) is 7.36. The summed E-state index contributed by atoms with van der Waals surface area (Å²) in [5.41, 5.74) is 6.82. The largest absolute Gasteiger partial charge is 0.480 e. The predicted octanol–water partition coefficient (Wildman–Crippen LogP) is 1.16. The second-order valence-corrected chi connectivity index (χ2v) is 7.51. The zero-order chi connectivity index (χ0) is 20.0. The number of nitrogens with two attached hydrogens (primary N) is 1. The summed E-state index contributed by atoms with van der Waals surface area (Å²) in [7, 11) is 0. The van der Waals surface area contributed by atoms with E-state index in [4.69, 9.17) is 5.73 Å². The number of hydrogen-bond acceptors (Lipinski definition) is 4. The maximum absolute atomic E-state index is 12.7. The first-order chi connectivity index (χ1) is 12.8. The highest BCUT2D eigenvalue weighted by Crippen LogP contribution is 2.20. The Balaban J connectivity index is 2.03. The van der Waals surface area contributed by atoms with Crippen molar-refractivity contribution in [3.05, 3.63) is 35.9 Å². The van der Waals surface area contributed by atoms with Gasteiger partial charge in [0.15, 0.2) is 0 Å². The molecule has 148 valence electrons. The molecule has 1 aromatic carbocycles. The molecule has 7 nitrogen and oxygen atoms in total. The monoisotopic (exact) mass is 375 g/mol. The maximum atomic E-state index is 12.7. The number of carboxylic acid groups (broad SMARTS) is 1. The number of benzene rings is 1. The maximum Gasteiger partial charge on any atom is 0.326 e. The van der Waals surface area contributed by atoms with E-state index >= 15 is 0 Å². The highest BCUT2D eigenvalue weighted by atomic mass is 16.4. The van der Waals surface area contributed by atoms with Crippen molar-refractivity contribution < 1.29 is 19.5 Å². The predicted molar refractivity (Wildman–Crippen MR) is 102 cm³/mol. The standard InChI is InChI=1S/C20H29N3O4/c1-13(2)11-15(21)19(25)23-10-6-9-17(23)18(24)22-16(20(26)27)12-14-7-4-3-5-8-14/h3-5,7-8,13,15-17H,6,9-12,21H2,1-2H3,(H,22,24)(H,26,27)/t15-,16-,17-/m0/s1. The van der Waals surface area contributed by atoms with E-state index < -0.39 is 30.0 Å². The van der Waals surface area contributed by atoms with Gasteiger partial charge < -0.3 is 21.1 Å². The Morgan fingerprint density at radius 1 is 1.26 bits per heavy atom. The molecule has 27 heavy (non-hydrogen) atoms. The first-order valence-electron chi connectivity index (χ1n) is 9.42. The Labute approximate surface area is 159 Å². The zero-order valence-corrected chi connectivity index (χ0v) is 15.9. The minimum absolute atomic E-state index is 0.190. The highest BCUT2D eigenvalue weighted by molar-refractivity contribution is 5.92. The lowest BCUT2D eigenvalue weighted by Gasteiger charge is -2.28. The third kappa shape index (κ3) is 5.79. The second-order valence-electron chi connectivity index (χ2n) is 7.51. The Morgan fingerprint density at radius 3 is 2.52 bits per heavy atom. The van der Waals surface area contributed by atoms with E-state index in [1.807, 2.05) is 44.2 Å². The molecule has 2 rings (SSSR count). The Bertz CT molecular complexity index is 662. The van der Waals surface area contributed by atoms with Crippen LogP contribution in [0.25, 0.3) is 0 Å². The minimum Gasteiger partial charge on any atom is -0.480 e. The molecular weight excluding hydrogens is 346 g/mol. The Morgan fingerprint density at radius 2 is 1.93 bits per heavy atom. The number of carbonyl (C=O) groups excluding carboxylic acids is 2. The van der Waals surface area contributed by atoms with Gasteiger partial charge in [0.05, 0.1) is 6.04 Å². The molecule has 0 spiro atoms. The van der Waals surface area contributed by atoms with Crippen molar-refractivity contribution in [1.82, 2.24) is 10.2 Å². The zero-order valence-electron chi connectivity index (χ0n) is 15.9. The SMILES string of the molecule is CC(C)C[C@H](N)C(=O)N1CCC[C@H]1C(=O)N[C@@H](Cc1ccccc1)C(=O)O. The van der Waals surface area contributed by atoms with Crippen molar-refractivity contribution in [3.8, 4) is 0 Å². The number of likely N-dealkylation sites (tertiary alicyclic amines) is 1. The molecule has 0 radical (unpaired) electrons. The summed E-state index contributed by atoms with van der Waals surface area (Å²) in [6, 6.07) is 6.79. The summed E-state index contributed by atoms with van der Waals surface area (Å²) in [5, 5.41) is 12.1. The van der Waals surface area contributed by atoms with Crippen LogP contribution >= 0.6 is 0 Å². The number of carbonyl (C=O) groups is 3. The van der Waals surface area contributed by atoms with Gasteiger partial charge in [0.25, 0.3) is 0 Å². The van der Waals surface area contributed by atoms with Gasteiger partial charge in [-0.05, 0) is 30.7 Å². The van der Waals surface area contributed by atoms with Crippen LogP contribution < -0.4 is 11.1 Å². The van der Waals surface area contributed by atoms with Crippen LogP contribution in [0.1, 0.15) is 38.7 Å². The first-order valence-corrected chi connectivity index (χ1v) is 9.42. The molecule has 1 fully saturated rings. The number of nitrogens with one attached hydrogen (secondary N) is 1. The van der Waals surface area contributed by atoms with Gasteiger partial charge in [-0.15, -0.1) is 0 Å². The molecule has 7 heteroatoms. The van der Waals surface area contributed by atoms with E-state index in [1.165, 1.54) is 4.90 Å². The molecule has 0 bridgehead atoms. The van der Waals surface area contributed by atoms with Crippen LogP contribution in [0.2, 0.25) is 0 Å². The van der Waals surface area contributed by atoms with Crippen LogP contribution in [-0.2, 0) is 20.8 Å². The van der Waals surface area contributed by atoms with Gasteiger partial charge in [-0.3, -0.25) is 9.59 Å². The summed E-state index contributed by atoms with van der Waals surface area (Å²) in [5.74, 6) is -1.49. The van der Waals surface area contributed by atoms with Crippen molar-refractivity contribution in [2.24, 2.45) is 11.7 Å². The molecule has 0 aromatic heterocycles. The summed E-state index contributed by atoms with van der Waals surface area (Å²) in [6.45, 7) is 4.45. The van der Waals surface area contributed by atoms with Crippen molar-refractivity contribution in [3.63, 3.8) is 0 Å². The lowest BCUT2D eigenvalue weighted by molar-refractivity contribution is -0.144. The average Bonchev–Trinajstić information content (AvgIpc) is 3.10. The molecular formula is C20H29N3O4.